The summed E-state index contributed by atoms with van der Waals surface area (Å²) < 4.78 is 8.32. The van der Waals surface area contributed by atoms with E-state index in [9.17, 15) is 4.79 Å². The van der Waals surface area contributed by atoms with E-state index < -0.39 is 0 Å². The van der Waals surface area contributed by atoms with E-state index in [0.717, 1.165) is 23.1 Å². The Bertz CT molecular complexity index is 963. The highest BCUT2D eigenvalue weighted by Gasteiger charge is 2.29. The summed E-state index contributed by atoms with van der Waals surface area (Å²) in [6.45, 7) is 1.62. The van der Waals surface area contributed by atoms with E-state index >= 15 is 0 Å². The number of nitrogens with one attached hydrogen (secondary N) is 2. The fraction of sp³-hybridized carbons (Fsp3) is 0.300. The number of hydrogen-bond acceptors (Lipinski definition) is 4. The summed E-state index contributed by atoms with van der Waals surface area (Å²) >= 11 is 9.47. The standard InChI is InChI=1S/C20H20BrClN4O2/c1-26-19(15(21)10-24-26)17-6-7-18(28-17)20(27)25-16-11-23-9-8-14(16)12-2-4-13(22)5-3-12/h2-7,10,14,16,23H,8-9,11H2,1H3,(H,25,27)/t14-,16+/m0/s1. The lowest BCUT2D eigenvalue weighted by Crippen LogP contribution is -2.49. The molecule has 0 bridgehead atoms. The maximum absolute atomic E-state index is 12.8. The smallest absolute Gasteiger partial charge is 0.287 e. The van der Waals surface area contributed by atoms with Gasteiger partial charge in [0, 0.05) is 30.6 Å². The summed E-state index contributed by atoms with van der Waals surface area (Å²) in [7, 11) is 1.83. The van der Waals surface area contributed by atoms with Gasteiger partial charge in [0.15, 0.2) is 11.5 Å². The molecule has 3 aromatic rings. The second kappa shape index (κ2) is 8.11. The molecule has 1 aliphatic rings. The molecule has 1 aliphatic heterocycles. The molecule has 4 rings (SSSR count). The molecule has 6 nitrogen and oxygen atoms in total. The van der Waals surface area contributed by atoms with Gasteiger partial charge >= 0.3 is 0 Å². The van der Waals surface area contributed by atoms with Gasteiger partial charge in [-0.3, -0.25) is 9.48 Å². The second-order valence-corrected chi connectivity index (χ2v) is 8.15. The first-order valence-electron chi connectivity index (χ1n) is 9.07. The van der Waals surface area contributed by atoms with Gasteiger partial charge in [0.05, 0.1) is 10.7 Å². The molecule has 1 amide bonds. The van der Waals surface area contributed by atoms with E-state index in [1.54, 1.807) is 23.0 Å². The molecule has 0 radical (unpaired) electrons. The average molecular weight is 464 g/mol. The fourth-order valence-corrected chi connectivity index (χ4v) is 4.30. The molecule has 146 valence electrons. The van der Waals surface area contributed by atoms with Crippen molar-refractivity contribution in [2.24, 2.45) is 7.05 Å². The van der Waals surface area contributed by atoms with Crippen LogP contribution in [-0.2, 0) is 7.05 Å². The van der Waals surface area contributed by atoms with Crippen molar-refractivity contribution in [3.05, 3.63) is 63.4 Å². The lowest BCUT2D eigenvalue weighted by atomic mass is 9.86. The highest BCUT2D eigenvalue weighted by molar-refractivity contribution is 9.10. The van der Waals surface area contributed by atoms with Gasteiger partial charge < -0.3 is 15.1 Å². The largest absolute Gasteiger partial charge is 0.449 e. The summed E-state index contributed by atoms with van der Waals surface area (Å²) in [6, 6.07) is 11.3. The maximum atomic E-state index is 12.8. The quantitative estimate of drug-likeness (QED) is 0.614. The molecule has 3 heterocycles. The van der Waals surface area contributed by atoms with Crippen LogP contribution in [0.1, 0.15) is 28.5 Å². The van der Waals surface area contributed by atoms with E-state index in [-0.39, 0.29) is 23.6 Å². The topological polar surface area (TPSA) is 72.1 Å². The molecule has 1 aromatic carbocycles. The van der Waals surface area contributed by atoms with Crippen LogP contribution in [0.2, 0.25) is 5.02 Å². The second-order valence-electron chi connectivity index (χ2n) is 6.86. The molecular weight excluding hydrogens is 444 g/mol. The van der Waals surface area contributed by atoms with Crippen LogP contribution in [0.25, 0.3) is 11.5 Å². The summed E-state index contributed by atoms with van der Waals surface area (Å²) in [5.74, 6) is 0.872. The van der Waals surface area contributed by atoms with Gasteiger partial charge in [-0.15, -0.1) is 0 Å². The van der Waals surface area contributed by atoms with Crippen LogP contribution in [0.5, 0.6) is 0 Å². The van der Waals surface area contributed by atoms with Gasteiger partial charge in [-0.05, 0) is 58.7 Å². The van der Waals surface area contributed by atoms with Gasteiger partial charge in [0.25, 0.3) is 5.91 Å². The Hall–Kier alpha value is -2.09. The molecule has 1 fully saturated rings. The Morgan fingerprint density at radius 1 is 1.32 bits per heavy atom. The molecule has 28 heavy (non-hydrogen) atoms. The molecular formula is C20H20BrClN4O2. The number of carbonyl (C=O) groups is 1. The van der Waals surface area contributed by atoms with E-state index in [0.29, 0.717) is 17.3 Å². The lowest BCUT2D eigenvalue weighted by molar-refractivity contribution is 0.0897. The maximum Gasteiger partial charge on any atom is 0.287 e. The number of hydrogen-bond donors (Lipinski definition) is 2. The Kier molecular flexibility index (Phi) is 5.57. The van der Waals surface area contributed by atoms with Crippen molar-refractivity contribution in [1.82, 2.24) is 20.4 Å². The van der Waals surface area contributed by atoms with Crippen molar-refractivity contribution in [3.8, 4) is 11.5 Å². The summed E-state index contributed by atoms with van der Waals surface area (Å²) in [4.78, 5) is 12.8. The van der Waals surface area contributed by atoms with Crippen molar-refractivity contribution < 1.29 is 9.21 Å². The van der Waals surface area contributed by atoms with Crippen LogP contribution in [0.4, 0.5) is 0 Å². The molecule has 1 saturated heterocycles. The molecule has 0 saturated carbocycles. The van der Waals surface area contributed by atoms with Gasteiger partial charge in [0.2, 0.25) is 0 Å². The van der Waals surface area contributed by atoms with E-state index in [1.807, 2.05) is 31.3 Å². The number of carbonyl (C=O) groups excluding carboxylic acids is 1. The van der Waals surface area contributed by atoms with Crippen molar-refractivity contribution in [3.63, 3.8) is 0 Å². The Morgan fingerprint density at radius 2 is 2.11 bits per heavy atom. The Balaban J connectivity index is 1.51. The SMILES string of the molecule is Cn1ncc(Br)c1-c1ccc(C(=O)N[C@@H]2CNCC[C@H]2c2ccc(Cl)cc2)o1. The van der Waals surface area contributed by atoms with Gasteiger partial charge in [-0.2, -0.15) is 5.10 Å². The van der Waals surface area contributed by atoms with Crippen molar-refractivity contribution in [2.75, 3.05) is 13.1 Å². The summed E-state index contributed by atoms with van der Waals surface area (Å²) in [5, 5.41) is 11.4. The predicted octanol–water partition coefficient (Wildman–Crippen LogP) is 3.97. The first kappa shape index (κ1) is 19.2. The number of aromatic nitrogens is 2. The molecule has 0 unspecified atom stereocenters. The predicted molar refractivity (Wildman–Crippen MR) is 112 cm³/mol. The average Bonchev–Trinajstić information content (AvgIpc) is 3.29. The zero-order valence-corrected chi connectivity index (χ0v) is 17.6. The van der Waals surface area contributed by atoms with Crippen molar-refractivity contribution in [2.45, 2.75) is 18.4 Å². The molecule has 0 aliphatic carbocycles. The molecule has 2 atom stereocenters. The molecule has 2 N–H and O–H groups in total. The number of halogens is 2. The van der Waals surface area contributed by atoms with E-state index in [2.05, 4.69) is 31.7 Å². The van der Waals surface area contributed by atoms with E-state index in [1.165, 1.54) is 5.56 Å². The van der Waals surface area contributed by atoms with Gasteiger partial charge in [-0.1, -0.05) is 23.7 Å². The highest BCUT2D eigenvalue weighted by atomic mass is 79.9. The minimum atomic E-state index is -0.225. The van der Waals surface area contributed by atoms with Crippen LogP contribution >= 0.6 is 27.5 Å². The molecule has 8 heteroatoms. The number of benzene rings is 1. The summed E-state index contributed by atoms with van der Waals surface area (Å²) in [6.07, 6.45) is 2.64. The van der Waals surface area contributed by atoms with Gasteiger partial charge in [-0.25, -0.2) is 0 Å². The van der Waals surface area contributed by atoms with Gasteiger partial charge in [0.1, 0.15) is 5.69 Å². The molecule has 0 spiro atoms. The number of aryl methyl sites for hydroxylation is 1. The van der Waals surface area contributed by atoms with Crippen LogP contribution < -0.4 is 10.6 Å². The zero-order valence-electron chi connectivity index (χ0n) is 15.3. The minimum Gasteiger partial charge on any atom is -0.449 e. The van der Waals surface area contributed by atoms with Crippen LogP contribution in [-0.4, -0.2) is 34.8 Å². The highest BCUT2D eigenvalue weighted by Crippen LogP contribution is 2.30. The van der Waals surface area contributed by atoms with Crippen molar-refractivity contribution in [1.29, 1.82) is 0 Å². The third-order valence-electron chi connectivity index (χ3n) is 5.05. The van der Waals surface area contributed by atoms with Crippen molar-refractivity contribution >= 4 is 33.4 Å². The number of nitrogens with zero attached hydrogens (tertiary/aromatic N) is 2. The summed E-state index contributed by atoms with van der Waals surface area (Å²) in [5.41, 5.74) is 1.97. The Morgan fingerprint density at radius 3 is 2.82 bits per heavy atom. The normalized spacial score (nSPS) is 19.5. The Labute approximate surface area is 176 Å². The number of piperidine rings is 1. The number of furan rings is 1. The third-order valence-corrected chi connectivity index (χ3v) is 5.89. The first-order valence-corrected chi connectivity index (χ1v) is 10.2. The zero-order chi connectivity index (χ0) is 19.7. The third kappa shape index (κ3) is 3.87. The minimum absolute atomic E-state index is 0.0283. The van der Waals surface area contributed by atoms with Crippen LogP contribution in [0, 0.1) is 0 Å². The number of amides is 1. The van der Waals surface area contributed by atoms with E-state index in [4.69, 9.17) is 16.0 Å². The molecule has 2 aromatic heterocycles. The lowest BCUT2D eigenvalue weighted by Gasteiger charge is -2.33. The van der Waals surface area contributed by atoms with Crippen LogP contribution in [0.15, 0.2) is 51.5 Å². The van der Waals surface area contributed by atoms with Crippen LogP contribution in [0.3, 0.4) is 0 Å². The first-order chi connectivity index (χ1) is 13.5. The fourth-order valence-electron chi connectivity index (χ4n) is 3.63. The monoisotopic (exact) mass is 462 g/mol. The number of rotatable bonds is 4.